The number of nitrogens with two attached hydrogens (primary N) is 1. The molecule has 1 amide bonds. The Hall–Kier alpha value is -5.57. The first-order chi connectivity index (χ1) is 31.1. The zero-order chi connectivity index (χ0) is 46.4. The number of ether oxygens (including phenoxy) is 2. The number of amides is 1. The van der Waals surface area contributed by atoms with Gasteiger partial charge in [0.05, 0.1) is 19.6 Å². The van der Waals surface area contributed by atoms with E-state index in [1.807, 2.05) is 23.9 Å². The number of hydrogen-bond acceptors (Lipinski definition) is 6. The number of likely N-dealkylation sites (N-methyl/N-ethyl adjacent to an activating group) is 1. The van der Waals surface area contributed by atoms with Gasteiger partial charge in [-0.25, -0.2) is 0 Å². The Bertz CT molecular complexity index is 2820. The van der Waals surface area contributed by atoms with E-state index in [-0.39, 0.29) is 27.4 Å². The first-order valence-corrected chi connectivity index (χ1v) is 24.2. The van der Waals surface area contributed by atoms with Gasteiger partial charge in [0.25, 0.3) is 5.91 Å². The third-order valence-corrected chi connectivity index (χ3v) is 15.5. The van der Waals surface area contributed by atoms with Gasteiger partial charge in [0.15, 0.2) is 5.71 Å². The summed E-state index contributed by atoms with van der Waals surface area (Å²) in [5.41, 5.74) is 16.2. The number of fused-ring (bicyclic) bond motifs is 6. The van der Waals surface area contributed by atoms with E-state index in [0.717, 1.165) is 35.9 Å². The van der Waals surface area contributed by atoms with E-state index in [1.165, 1.54) is 66.6 Å². The number of allylic oxidation sites excluding steroid dienone is 7. The summed E-state index contributed by atoms with van der Waals surface area (Å²) in [6.07, 6.45) is 13.1. The molecule has 8 heteroatoms. The van der Waals surface area contributed by atoms with Crippen LogP contribution in [0.3, 0.4) is 0 Å². The SMILES string of the molecule is CCN1/C(=C/C=C2\C(/C=C/C3=[N+](CC)c4ccc5cc(OC)ccc5c4C3(C)C)=CCC(C(C)(C)C)C2Sc2ccc(C(=O)NCCN)cc2)C(C)(C)c2c1ccc1cc(OC)ccc21. The van der Waals surface area contributed by atoms with Crippen molar-refractivity contribution in [2.24, 2.45) is 17.1 Å². The molecule has 5 aromatic carbocycles. The molecule has 8 rings (SSSR count). The van der Waals surface area contributed by atoms with Crippen molar-refractivity contribution in [1.82, 2.24) is 5.32 Å². The first kappa shape index (κ1) is 46.0. The topological polar surface area (TPSA) is 79.8 Å². The summed E-state index contributed by atoms with van der Waals surface area (Å²) in [6, 6.07) is 30.0. The Kier molecular flexibility index (Phi) is 12.7. The Balaban J connectivity index is 1.26. The Morgan fingerprint density at radius 3 is 2.09 bits per heavy atom. The minimum atomic E-state index is -0.263. The Labute approximate surface area is 391 Å². The van der Waals surface area contributed by atoms with Crippen molar-refractivity contribution in [1.29, 1.82) is 0 Å². The Morgan fingerprint density at radius 2 is 1.49 bits per heavy atom. The smallest absolute Gasteiger partial charge is 0.251 e. The molecule has 1 aliphatic carbocycles. The van der Waals surface area contributed by atoms with Gasteiger partial charge in [-0.1, -0.05) is 65.0 Å². The quantitative estimate of drug-likeness (QED) is 0.122. The average molecular weight is 888 g/mol. The summed E-state index contributed by atoms with van der Waals surface area (Å²) in [7, 11) is 3.46. The maximum atomic E-state index is 12.9. The molecule has 0 saturated carbocycles. The van der Waals surface area contributed by atoms with E-state index < -0.39 is 0 Å². The van der Waals surface area contributed by atoms with Gasteiger partial charge < -0.3 is 25.4 Å². The average Bonchev–Trinajstić information content (AvgIpc) is 3.66. The van der Waals surface area contributed by atoms with Crippen LogP contribution < -0.4 is 25.4 Å². The van der Waals surface area contributed by atoms with Crippen LogP contribution in [0.15, 0.2) is 137 Å². The minimum Gasteiger partial charge on any atom is -0.497 e. The van der Waals surface area contributed by atoms with Gasteiger partial charge in [-0.15, -0.1) is 11.8 Å². The third-order valence-electron chi connectivity index (χ3n) is 14.1. The molecule has 2 aliphatic heterocycles. The lowest BCUT2D eigenvalue weighted by Gasteiger charge is -2.41. The van der Waals surface area contributed by atoms with E-state index in [4.69, 9.17) is 15.2 Å². The highest BCUT2D eigenvalue weighted by atomic mass is 32.2. The fourth-order valence-electron chi connectivity index (χ4n) is 10.7. The van der Waals surface area contributed by atoms with Crippen LogP contribution in [0, 0.1) is 11.3 Å². The summed E-state index contributed by atoms with van der Waals surface area (Å²) >= 11 is 1.91. The van der Waals surface area contributed by atoms with Gasteiger partial charge in [-0.3, -0.25) is 4.79 Å². The van der Waals surface area contributed by atoms with Crippen LogP contribution in [0.5, 0.6) is 11.5 Å². The van der Waals surface area contributed by atoms with Crippen LogP contribution in [-0.2, 0) is 10.8 Å². The lowest BCUT2D eigenvalue weighted by molar-refractivity contribution is -0.433. The molecule has 0 aromatic heterocycles. The molecule has 0 spiro atoms. The van der Waals surface area contributed by atoms with Crippen LogP contribution >= 0.6 is 11.8 Å². The number of nitrogens with zero attached hydrogens (tertiary/aromatic N) is 2. The van der Waals surface area contributed by atoms with Crippen LogP contribution in [-0.4, -0.2) is 61.8 Å². The molecule has 0 saturated heterocycles. The summed E-state index contributed by atoms with van der Waals surface area (Å²) in [5, 5.41) is 7.94. The summed E-state index contributed by atoms with van der Waals surface area (Å²) in [4.78, 5) is 16.5. The van der Waals surface area contributed by atoms with E-state index in [2.05, 4.69) is 180 Å². The van der Waals surface area contributed by atoms with Crippen LogP contribution in [0.25, 0.3) is 21.5 Å². The molecule has 338 valence electrons. The maximum absolute atomic E-state index is 12.9. The third kappa shape index (κ3) is 8.33. The first-order valence-electron chi connectivity index (χ1n) is 23.3. The van der Waals surface area contributed by atoms with Crippen LogP contribution in [0.4, 0.5) is 11.4 Å². The molecule has 5 aromatic rings. The molecular weight excluding hydrogens is 821 g/mol. The van der Waals surface area contributed by atoms with Gasteiger partial charge in [-0.2, -0.15) is 4.58 Å². The number of carbonyl (C=O) groups is 1. The summed E-state index contributed by atoms with van der Waals surface area (Å²) in [5.74, 6) is 1.98. The maximum Gasteiger partial charge on any atom is 0.251 e. The highest BCUT2D eigenvalue weighted by molar-refractivity contribution is 8.00. The van der Waals surface area contributed by atoms with E-state index in [0.29, 0.717) is 24.6 Å². The fraction of sp³-hybridized carbons (Fsp3) is 0.368. The van der Waals surface area contributed by atoms with Crippen LogP contribution in [0.2, 0.25) is 0 Å². The molecule has 0 radical (unpaired) electrons. The Morgan fingerprint density at radius 1 is 0.846 bits per heavy atom. The number of hydrogen-bond donors (Lipinski definition) is 2. The molecule has 3 N–H and O–H groups in total. The molecule has 2 atom stereocenters. The zero-order valence-corrected chi connectivity index (χ0v) is 41.1. The molecule has 2 heterocycles. The monoisotopic (exact) mass is 887 g/mol. The molecule has 0 fully saturated rings. The standard InChI is InChI=1S/C57H66N4O3S/c1-12-60-47-28-17-38-34-40(63-10)20-24-43(38)51(47)56(6,7)49(60)30-19-36-16-27-46(55(3,4)5)53(65-42-22-14-37(15-23-42)54(62)59-33-32-58)45(36)26-31-50-57(8,9)52-44-25-21-41(64-11)35-39(44)18-29-48(52)61(50)13-2/h14-26,28-31,34-35,46,53H,12-13,27,32-33,58H2,1-11H3/p+1/b30-19+,45-26+,50-31+. The number of anilines is 1. The fourth-order valence-corrected chi connectivity index (χ4v) is 12.3. The van der Waals surface area contributed by atoms with E-state index >= 15 is 0 Å². The second-order valence-corrected chi connectivity index (χ2v) is 20.9. The van der Waals surface area contributed by atoms with Crippen molar-refractivity contribution in [3.63, 3.8) is 0 Å². The van der Waals surface area contributed by atoms with Gasteiger partial charge in [0, 0.05) is 69.8 Å². The van der Waals surface area contributed by atoms with Crippen molar-refractivity contribution < 1.29 is 18.8 Å². The molecular formula is C57H67N4O3S+. The number of benzene rings is 5. The second kappa shape index (κ2) is 18.0. The molecule has 3 aliphatic rings. The van der Waals surface area contributed by atoms with Crippen molar-refractivity contribution in [3.05, 3.63) is 149 Å². The molecule has 0 bridgehead atoms. The van der Waals surface area contributed by atoms with Crippen molar-refractivity contribution in [3.8, 4) is 11.5 Å². The summed E-state index contributed by atoms with van der Waals surface area (Å²) < 4.78 is 13.8. The van der Waals surface area contributed by atoms with Crippen molar-refractivity contribution in [2.45, 2.75) is 89.7 Å². The van der Waals surface area contributed by atoms with Gasteiger partial charge in [0.2, 0.25) is 5.69 Å². The molecule has 7 nitrogen and oxygen atoms in total. The van der Waals surface area contributed by atoms with Crippen molar-refractivity contribution in [2.75, 3.05) is 45.3 Å². The predicted molar refractivity (Wildman–Crippen MR) is 274 cm³/mol. The number of rotatable bonds is 12. The minimum absolute atomic E-state index is 0.0164. The summed E-state index contributed by atoms with van der Waals surface area (Å²) in [6.45, 7) is 23.7. The highest BCUT2D eigenvalue weighted by Crippen LogP contribution is 2.53. The molecule has 65 heavy (non-hydrogen) atoms. The molecule has 2 unspecified atom stereocenters. The van der Waals surface area contributed by atoms with E-state index in [9.17, 15) is 4.79 Å². The highest BCUT2D eigenvalue weighted by Gasteiger charge is 2.46. The largest absolute Gasteiger partial charge is 0.497 e. The van der Waals surface area contributed by atoms with E-state index in [1.54, 1.807) is 14.2 Å². The van der Waals surface area contributed by atoms with Gasteiger partial charge >= 0.3 is 0 Å². The van der Waals surface area contributed by atoms with Gasteiger partial charge in [0.1, 0.15) is 18.0 Å². The van der Waals surface area contributed by atoms with Crippen molar-refractivity contribution >= 4 is 56.3 Å². The number of carbonyl (C=O) groups excluding carboxylic acids is 1. The number of nitrogens with one attached hydrogen (secondary N) is 1. The predicted octanol–water partition coefficient (Wildman–Crippen LogP) is 12.4. The number of thioether (sulfide) groups is 1. The second-order valence-electron chi connectivity index (χ2n) is 19.7. The lowest BCUT2D eigenvalue weighted by atomic mass is 9.70. The lowest BCUT2D eigenvalue weighted by Crippen LogP contribution is -2.34. The number of methoxy groups -OCH3 is 2. The van der Waals surface area contributed by atoms with Crippen LogP contribution in [0.1, 0.15) is 90.2 Å². The zero-order valence-electron chi connectivity index (χ0n) is 40.3. The normalized spacial score (nSPS) is 20.2. The van der Waals surface area contributed by atoms with Gasteiger partial charge in [-0.05, 0) is 157 Å².